The molecule has 1 fully saturated rings. The zero-order valence-corrected chi connectivity index (χ0v) is 19.8. The predicted octanol–water partition coefficient (Wildman–Crippen LogP) is 3.22. The van der Waals surface area contributed by atoms with Gasteiger partial charge in [-0.1, -0.05) is 17.7 Å². The smallest absolute Gasteiger partial charge is 0.252 e. The van der Waals surface area contributed by atoms with Gasteiger partial charge in [-0.25, -0.2) is 18.4 Å². The minimum Gasteiger partial charge on any atom is -0.382 e. The Kier molecular flexibility index (Phi) is 5.64. The standard InChI is InChI=1S/C20H18ClN5O3S3/c21-13-2-1-12-5-18(31-17(12)6-13)32(28,29)26-4-3-25(14(8-26)10-27)9-15-7-16-19(30-15)20(22)24-11-23-16/h1-2,5-7,10-11,14H,3-4,8-9H2,(H2,22,23,24). The number of rotatable bonds is 5. The number of hydrogen-bond donors (Lipinski definition) is 1. The zero-order chi connectivity index (χ0) is 22.5. The number of hydrogen-bond acceptors (Lipinski definition) is 9. The first-order chi connectivity index (χ1) is 15.3. The monoisotopic (exact) mass is 507 g/mol. The van der Waals surface area contributed by atoms with Crippen LogP contribution in [0, 0.1) is 0 Å². The van der Waals surface area contributed by atoms with E-state index in [0.717, 1.165) is 31.5 Å². The molecule has 0 bridgehead atoms. The molecule has 0 radical (unpaired) electrons. The van der Waals surface area contributed by atoms with E-state index in [-0.39, 0.29) is 10.8 Å². The zero-order valence-electron chi connectivity index (χ0n) is 16.6. The van der Waals surface area contributed by atoms with Crippen molar-refractivity contribution in [3.8, 4) is 0 Å². The fourth-order valence-corrected chi connectivity index (χ4v) is 8.12. The number of aromatic nitrogens is 2. The summed E-state index contributed by atoms with van der Waals surface area (Å²) in [7, 11) is -3.71. The number of piperazine rings is 1. The Balaban J connectivity index is 1.36. The third kappa shape index (κ3) is 3.89. The topological polar surface area (TPSA) is 109 Å². The number of sulfonamides is 1. The summed E-state index contributed by atoms with van der Waals surface area (Å²) in [6.07, 6.45) is 2.24. The fraction of sp³-hybridized carbons (Fsp3) is 0.250. The highest BCUT2D eigenvalue weighted by Crippen LogP contribution is 2.34. The molecule has 2 N–H and O–H groups in total. The van der Waals surface area contributed by atoms with Crippen molar-refractivity contribution in [2.75, 3.05) is 25.4 Å². The van der Waals surface area contributed by atoms with E-state index in [1.165, 1.54) is 33.3 Å². The summed E-state index contributed by atoms with van der Waals surface area (Å²) in [6.45, 7) is 1.36. The number of nitrogens with two attached hydrogens (primary N) is 1. The van der Waals surface area contributed by atoms with Crippen LogP contribution in [0.1, 0.15) is 4.88 Å². The second-order valence-corrected chi connectivity index (χ2v) is 12.3. The van der Waals surface area contributed by atoms with Crippen LogP contribution in [0.4, 0.5) is 5.82 Å². The maximum atomic E-state index is 13.3. The molecule has 4 heterocycles. The van der Waals surface area contributed by atoms with Gasteiger partial charge in [0.15, 0.2) is 0 Å². The molecule has 3 aromatic heterocycles. The normalized spacial score (nSPS) is 18.5. The molecule has 32 heavy (non-hydrogen) atoms. The highest BCUT2D eigenvalue weighted by Gasteiger charge is 2.35. The molecule has 0 spiro atoms. The largest absolute Gasteiger partial charge is 0.382 e. The van der Waals surface area contributed by atoms with E-state index in [1.807, 2.05) is 17.0 Å². The van der Waals surface area contributed by atoms with Crippen molar-refractivity contribution in [2.45, 2.75) is 16.8 Å². The van der Waals surface area contributed by atoms with E-state index >= 15 is 0 Å². The van der Waals surface area contributed by atoms with Gasteiger partial charge in [0.2, 0.25) is 0 Å². The Labute approximate surface area is 197 Å². The van der Waals surface area contributed by atoms with Crippen molar-refractivity contribution in [1.82, 2.24) is 19.2 Å². The Hall–Kier alpha value is -2.15. The quantitative estimate of drug-likeness (QED) is 0.413. The van der Waals surface area contributed by atoms with Crippen LogP contribution in [-0.4, -0.2) is 59.6 Å². The van der Waals surface area contributed by atoms with E-state index in [2.05, 4.69) is 9.97 Å². The summed E-state index contributed by atoms with van der Waals surface area (Å²) in [4.78, 5) is 23.1. The average molecular weight is 508 g/mol. The lowest BCUT2D eigenvalue weighted by Gasteiger charge is -2.37. The van der Waals surface area contributed by atoms with Crippen molar-refractivity contribution in [3.63, 3.8) is 0 Å². The molecule has 1 aliphatic rings. The molecule has 0 amide bonds. The van der Waals surface area contributed by atoms with Gasteiger partial charge < -0.3 is 10.5 Å². The van der Waals surface area contributed by atoms with E-state index in [9.17, 15) is 13.2 Å². The number of benzene rings is 1. The molecule has 1 atom stereocenters. The first-order valence-corrected chi connectivity index (χ1v) is 13.2. The number of thiophene rings is 2. The Morgan fingerprint density at radius 1 is 1.19 bits per heavy atom. The van der Waals surface area contributed by atoms with E-state index in [0.29, 0.717) is 30.5 Å². The maximum Gasteiger partial charge on any atom is 0.252 e. The van der Waals surface area contributed by atoms with Crippen LogP contribution in [0.5, 0.6) is 0 Å². The van der Waals surface area contributed by atoms with Crippen molar-refractivity contribution < 1.29 is 13.2 Å². The third-order valence-corrected chi connectivity index (χ3v) is 10.2. The summed E-state index contributed by atoms with van der Waals surface area (Å²) in [5.41, 5.74) is 6.69. The first kappa shape index (κ1) is 21.7. The molecule has 0 aliphatic carbocycles. The van der Waals surface area contributed by atoms with E-state index < -0.39 is 16.1 Å². The molecule has 8 nitrogen and oxygen atoms in total. The fourth-order valence-electron chi connectivity index (χ4n) is 3.80. The molecular weight excluding hydrogens is 490 g/mol. The van der Waals surface area contributed by atoms with Crippen LogP contribution in [-0.2, 0) is 21.4 Å². The Bertz CT molecular complexity index is 1440. The van der Waals surface area contributed by atoms with Gasteiger partial charge in [-0.3, -0.25) is 4.90 Å². The van der Waals surface area contributed by atoms with Gasteiger partial charge in [0.1, 0.15) is 22.6 Å². The van der Waals surface area contributed by atoms with Gasteiger partial charge in [-0.2, -0.15) is 4.31 Å². The van der Waals surface area contributed by atoms with Crippen LogP contribution >= 0.6 is 34.3 Å². The number of nitrogens with zero attached hydrogens (tertiary/aromatic N) is 4. The molecule has 4 aromatic rings. The molecule has 1 aromatic carbocycles. The number of carbonyl (C=O) groups is 1. The maximum absolute atomic E-state index is 13.3. The number of anilines is 1. The number of aldehydes is 1. The van der Waals surface area contributed by atoms with Gasteiger partial charge in [-0.05, 0) is 29.7 Å². The Morgan fingerprint density at radius 2 is 2.03 bits per heavy atom. The van der Waals surface area contributed by atoms with Crippen LogP contribution in [0.3, 0.4) is 0 Å². The molecule has 1 saturated heterocycles. The summed E-state index contributed by atoms with van der Waals surface area (Å²) >= 11 is 8.71. The molecular formula is C20H18ClN5O3S3. The lowest BCUT2D eigenvalue weighted by molar-refractivity contribution is -0.114. The lowest BCUT2D eigenvalue weighted by Crippen LogP contribution is -2.54. The third-order valence-electron chi connectivity index (χ3n) is 5.46. The Morgan fingerprint density at radius 3 is 2.81 bits per heavy atom. The van der Waals surface area contributed by atoms with Crippen LogP contribution < -0.4 is 5.73 Å². The molecule has 5 rings (SSSR count). The summed E-state index contributed by atoms with van der Waals surface area (Å²) in [5.74, 6) is 0.429. The number of nitrogen functional groups attached to an aromatic ring is 1. The van der Waals surface area contributed by atoms with Crippen LogP contribution in [0.2, 0.25) is 5.02 Å². The van der Waals surface area contributed by atoms with Crippen LogP contribution in [0.15, 0.2) is 40.9 Å². The molecule has 1 aliphatic heterocycles. The summed E-state index contributed by atoms with van der Waals surface area (Å²) in [6, 6.07) is 8.36. The van der Waals surface area contributed by atoms with Gasteiger partial charge in [0.05, 0.1) is 16.3 Å². The molecule has 0 saturated carbocycles. The number of halogens is 1. The van der Waals surface area contributed by atoms with Crippen molar-refractivity contribution in [3.05, 3.63) is 46.6 Å². The molecule has 166 valence electrons. The van der Waals surface area contributed by atoms with E-state index in [1.54, 1.807) is 18.2 Å². The summed E-state index contributed by atoms with van der Waals surface area (Å²) in [5, 5.41) is 1.39. The van der Waals surface area contributed by atoms with Crippen molar-refractivity contribution in [1.29, 1.82) is 0 Å². The van der Waals surface area contributed by atoms with Gasteiger partial charge in [0.25, 0.3) is 10.0 Å². The lowest BCUT2D eigenvalue weighted by atomic mass is 10.2. The molecule has 1 unspecified atom stereocenters. The van der Waals surface area contributed by atoms with Gasteiger partial charge >= 0.3 is 0 Å². The highest BCUT2D eigenvalue weighted by molar-refractivity contribution is 7.91. The SMILES string of the molecule is Nc1ncnc2cc(CN3CCN(S(=O)(=O)c4cc5ccc(Cl)cc5s4)CC3C=O)sc12. The second-order valence-electron chi connectivity index (χ2n) is 7.47. The van der Waals surface area contributed by atoms with E-state index in [4.69, 9.17) is 17.3 Å². The number of fused-ring (bicyclic) bond motifs is 2. The minimum absolute atomic E-state index is 0.105. The van der Waals surface area contributed by atoms with Crippen LogP contribution in [0.25, 0.3) is 20.3 Å². The molecule has 12 heteroatoms. The second kappa shape index (κ2) is 8.32. The van der Waals surface area contributed by atoms with Gasteiger partial charge in [0, 0.05) is 40.8 Å². The predicted molar refractivity (Wildman–Crippen MR) is 128 cm³/mol. The van der Waals surface area contributed by atoms with Crippen molar-refractivity contribution >= 4 is 76.7 Å². The summed E-state index contributed by atoms with van der Waals surface area (Å²) < 4.78 is 29.8. The highest BCUT2D eigenvalue weighted by atomic mass is 35.5. The average Bonchev–Trinajstić information content (AvgIpc) is 3.38. The first-order valence-electron chi connectivity index (χ1n) is 9.72. The van der Waals surface area contributed by atoms with Crippen molar-refractivity contribution in [2.24, 2.45) is 0 Å². The minimum atomic E-state index is -3.71. The van der Waals surface area contributed by atoms with Gasteiger partial charge in [-0.15, -0.1) is 22.7 Å². The number of carbonyl (C=O) groups excluding carboxylic acids is 1.